The Labute approximate surface area is 141 Å². The summed E-state index contributed by atoms with van der Waals surface area (Å²) in [6, 6.07) is 12.3. The van der Waals surface area contributed by atoms with Crippen molar-refractivity contribution in [1.29, 1.82) is 5.26 Å². The lowest BCUT2D eigenvalue weighted by Gasteiger charge is -2.06. The van der Waals surface area contributed by atoms with E-state index in [-0.39, 0.29) is 5.57 Å². The van der Waals surface area contributed by atoms with Gasteiger partial charge in [-0.25, -0.2) is 0 Å². The molecule has 0 aliphatic rings. The van der Waals surface area contributed by atoms with E-state index < -0.39 is 5.91 Å². The quantitative estimate of drug-likeness (QED) is 0.464. The van der Waals surface area contributed by atoms with Crippen molar-refractivity contribution in [2.75, 3.05) is 11.9 Å². The van der Waals surface area contributed by atoms with E-state index in [9.17, 15) is 4.79 Å². The number of nitriles is 1. The van der Waals surface area contributed by atoms with Crippen LogP contribution in [-0.4, -0.2) is 12.5 Å². The Hall–Kier alpha value is -2.27. The molecule has 112 valence electrons. The Morgan fingerprint density at radius 2 is 2.09 bits per heavy atom. The molecule has 0 saturated heterocycles. The largest absolute Gasteiger partial charge is 0.494 e. The smallest absolute Gasteiger partial charge is 0.266 e. The zero-order valence-electron chi connectivity index (χ0n) is 11.8. The highest BCUT2D eigenvalue weighted by Gasteiger charge is 2.10. The van der Waals surface area contributed by atoms with Crippen LogP contribution < -0.4 is 10.1 Å². The van der Waals surface area contributed by atoms with Crippen LogP contribution in [0.25, 0.3) is 6.08 Å². The average molecular weight is 408 g/mol. The number of furan rings is 1. The number of carbonyl (C=O) groups is 1. The first-order valence-corrected chi connectivity index (χ1v) is 7.61. The van der Waals surface area contributed by atoms with Crippen molar-refractivity contribution in [2.45, 2.75) is 6.92 Å². The van der Waals surface area contributed by atoms with Crippen molar-refractivity contribution in [2.24, 2.45) is 0 Å². The average Bonchev–Trinajstić information content (AvgIpc) is 2.92. The van der Waals surface area contributed by atoms with Crippen molar-refractivity contribution in [1.82, 2.24) is 0 Å². The minimum absolute atomic E-state index is 0.0281. The van der Waals surface area contributed by atoms with Gasteiger partial charge in [0.1, 0.15) is 23.2 Å². The number of nitrogens with one attached hydrogen (secondary N) is 1. The molecule has 0 fully saturated rings. The lowest BCUT2D eigenvalue weighted by molar-refractivity contribution is -0.112. The van der Waals surface area contributed by atoms with Gasteiger partial charge in [-0.15, -0.1) is 0 Å². The molecule has 1 aromatic carbocycles. The van der Waals surface area contributed by atoms with E-state index in [1.807, 2.05) is 35.6 Å². The third kappa shape index (κ3) is 4.36. The third-order valence-electron chi connectivity index (χ3n) is 2.67. The lowest BCUT2D eigenvalue weighted by Crippen LogP contribution is -2.13. The minimum Gasteiger partial charge on any atom is -0.494 e. The lowest BCUT2D eigenvalue weighted by atomic mass is 10.2. The van der Waals surface area contributed by atoms with Gasteiger partial charge in [0.2, 0.25) is 0 Å². The predicted octanol–water partition coefficient (Wildman–Crippen LogP) is 3.83. The Bertz CT molecular complexity index is 727. The first-order chi connectivity index (χ1) is 10.6. The van der Waals surface area contributed by atoms with Crippen LogP contribution in [0, 0.1) is 15.1 Å². The summed E-state index contributed by atoms with van der Waals surface area (Å²) in [6.07, 6.45) is 1.41. The maximum absolute atomic E-state index is 12.1. The highest BCUT2D eigenvalue weighted by molar-refractivity contribution is 14.1. The standard InChI is InChI=1S/C16H13IN2O3/c1-2-21-13-5-3-12(4-6-13)19-16(20)11(10-18)9-14-7-8-15(17)22-14/h3-9H,2H2,1H3,(H,19,20)/b11-9+. The molecule has 1 heterocycles. The van der Waals surface area contributed by atoms with Crippen molar-refractivity contribution >= 4 is 40.3 Å². The molecular weight excluding hydrogens is 395 g/mol. The summed E-state index contributed by atoms with van der Waals surface area (Å²) < 4.78 is 11.3. The second-order valence-electron chi connectivity index (χ2n) is 4.22. The molecule has 6 heteroatoms. The van der Waals surface area contributed by atoms with Crippen LogP contribution in [0.2, 0.25) is 0 Å². The topological polar surface area (TPSA) is 75.3 Å². The zero-order chi connectivity index (χ0) is 15.9. The van der Waals surface area contributed by atoms with Gasteiger partial charge in [0.15, 0.2) is 3.77 Å². The van der Waals surface area contributed by atoms with Crippen LogP contribution in [0.15, 0.2) is 46.4 Å². The Morgan fingerprint density at radius 1 is 1.36 bits per heavy atom. The molecule has 2 aromatic rings. The molecule has 0 atom stereocenters. The van der Waals surface area contributed by atoms with E-state index in [1.54, 1.807) is 36.4 Å². The Kier molecular flexibility index (Phi) is 5.61. The number of hydrogen-bond acceptors (Lipinski definition) is 4. The van der Waals surface area contributed by atoms with E-state index in [4.69, 9.17) is 14.4 Å². The van der Waals surface area contributed by atoms with Crippen LogP contribution in [0.3, 0.4) is 0 Å². The fourth-order valence-electron chi connectivity index (χ4n) is 1.70. The first-order valence-electron chi connectivity index (χ1n) is 6.53. The number of benzene rings is 1. The normalized spacial score (nSPS) is 10.9. The summed E-state index contributed by atoms with van der Waals surface area (Å²) in [6.45, 7) is 2.48. The molecule has 0 aliphatic heterocycles. The zero-order valence-corrected chi connectivity index (χ0v) is 14.0. The molecule has 0 spiro atoms. The number of halogens is 1. The maximum atomic E-state index is 12.1. The summed E-state index contributed by atoms with van der Waals surface area (Å²) >= 11 is 2.01. The molecule has 2 rings (SSSR count). The van der Waals surface area contributed by atoms with Gasteiger partial charge in [-0.1, -0.05) is 0 Å². The van der Waals surface area contributed by atoms with Gasteiger partial charge in [-0.05, 0) is 65.9 Å². The van der Waals surface area contributed by atoms with E-state index in [0.717, 1.165) is 5.75 Å². The van der Waals surface area contributed by atoms with E-state index in [2.05, 4.69) is 5.32 Å². The molecule has 1 amide bonds. The molecule has 22 heavy (non-hydrogen) atoms. The second kappa shape index (κ2) is 7.66. The summed E-state index contributed by atoms with van der Waals surface area (Å²) in [4.78, 5) is 12.1. The van der Waals surface area contributed by atoms with Crippen molar-refractivity contribution in [3.05, 3.63) is 51.5 Å². The number of anilines is 1. The highest BCUT2D eigenvalue weighted by atomic mass is 127. The monoisotopic (exact) mass is 408 g/mol. The predicted molar refractivity (Wildman–Crippen MR) is 91.3 cm³/mol. The summed E-state index contributed by atoms with van der Waals surface area (Å²) in [7, 11) is 0. The fourth-order valence-corrected chi connectivity index (χ4v) is 2.13. The van der Waals surface area contributed by atoms with Crippen LogP contribution in [0.1, 0.15) is 12.7 Å². The molecule has 0 saturated carbocycles. The van der Waals surface area contributed by atoms with Crippen LogP contribution in [0.4, 0.5) is 5.69 Å². The van der Waals surface area contributed by atoms with Crippen LogP contribution >= 0.6 is 22.6 Å². The highest BCUT2D eigenvalue weighted by Crippen LogP contribution is 2.17. The molecule has 1 N–H and O–H groups in total. The number of amides is 1. The molecule has 5 nitrogen and oxygen atoms in total. The molecule has 0 unspecified atom stereocenters. The number of hydrogen-bond donors (Lipinski definition) is 1. The van der Waals surface area contributed by atoms with Crippen molar-refractivity contribution < 1.29 is 13.9 Å². The van der Waals surface area contributed by atoms with E-state index in [0.29, 0.717) is 21.8 Å². The number of ether oxygens (including phenoxy) is 1. The van der Waals surface area contributed by atoms with Gasteiger partial charge >= 0.3 is 0 Å². The minimum atomic E-state index is -0.488. The summed E-state index contributed by atoms with van der Waals surface area (Å²) in [5, 5.41) is 11.8. The molecular formula is C16H13IN2O3. The third-order valence-corrected chi connectivity index (χ3v) is 3.25. The first kappa shape index (κ1) is 16.1. The van der Waals surface area contributed by atoms with Gasteiger partial charge in [-0.3, -0.25) is 4.79 Å². The Balaban J connectivity index is 2.09. The van der Waals surface area contributed by atoms with Gasteiger partial charge in [0.25, 0.3) is 5.91 Å². The van der Waals surface area contributed by atoms with Gasteiger partial charge < -0.3 is 14.5 Å². The van der Waals surface area contributed by atoms with Gasteiger partial charge in [0, 0.05) is 11.8 Å². The number of carbonyl (C=O) groups excluding carboxylic acids is 1. The summed E-state index contributed by atoms with van der Waals surface area (Å²) in [5.41, 5.74) is 0.559. The van der Waals surface area contributed by atoms with Crippen LogP contribution in [-0.2, 0) is 4.79 Å². The molecule has 0 bridgehead atoms. The Morgan fingerprint density at radius 3 is 2.64 bits per heavy atom. The SMILES string of the molecule is CCOc1ccc(NC(=O)/C(C#N)=C/c2ccc(I)o2)cc1. The van der Waals surface area contributed by atoms with Crippen LogP contribution in [0.5, 0.6) is 5.75 Å². The van der Waals surface area contributed by atoms with Gasteiger partial charge in [-0.2, -0.15) is 5.26 Å². The molecule has 0 aliphatic carbocycles. The molecule has 0 radical (unpaired) electrons. The molecule has 1 aromatic heterocycles. The van der Waals surface area contributed by atoms with Gasteiger partial charge in [0.05, 0.1) is 6.61 Å². The fraction of sp³-hybridized carbons (Fsp3) is 0.125. The van der Waals surface area contributed by atoms with Crippen molar-refractivity contribution in [3.63, 3.8) is 0 Å². The van der Waals surface area contributed by atoms with E-state index in [1.165, 1.54) is 6.08 Å². The summed E-state index contributed by atoms with van der Waals surface area (Å²) in [5.74, 6) is 0.697. The number of rotatable bonds is 5. The second-order valence-corrected chi connectivity index (χ2v) is 5.29. The maximum Gasteiger partial charge on any atom is 0.266 e. The van der Waals surface area contributed by atoms with Crippen molar-refractivity contribution in [3.8, 4) is 11.8 Å². The number of nitrogens with zero attached hydrogens (tertiary/aromatic N) is 1. The van der Waals surface area contributed by atoms with E-state index >= 15 is 0 Å².